The molecule has 3 aromatic rings. The van der Waals surface area contributed by atoms with Gasteiger partial charge in [-0.3, -0.25) is 14.5 Å². The molecular weight excluding hydrogens is 587 g/mol. The number of benzene rings is 3. The third kappa shape index (κ3) is 7.11. The highest BCUT2D eigenvalue weighted by molar-refractivity contribution is 6.42. The number of carbonyl (C=O) groups is 2. The molecule has 228 valence electrons. The first-order valence-corrected chi connectivity index (χ1v) is 15.5. The molecule has 5 rings (SSSR count). The second-order valence-electron chi connectivity index (χ2n) is 11.9. The van der Waals surface area contributed by atoms with Crippen LogP contribution in [0.25, 0.3) is 0 Å². The van der Waals surface area contributed by atoms with Crippen LogP contribution in [0.3, 0.4) is 0 Å². The molecule has 3 aromatic carbocycles. The molecule has 0 aliphatic carbocycles. The Balaban J connectivity index is 1.39. The van der Waals surface area contributed by atoms with Crippen LogP contribution in [0.1, 0.15) is 74.1 Å². The van der Waals surface area contributed by atoms with Crippen molar-refractivity contribution in [2.24, 2.45) is 5.92 Å². The van der Waals surface area contributed by atoms with E-state index >= 15 is 0 Å². The fraction of sp³-hybridized carbons (Fsp3) is 0.412. The lowest BCUT2D eigenvalue weighted by molar-refractivity contribution is -0.144. The molecule has 0 aromatic heterocycles. The van der Waals surface area contributed by atoms with E-state index < -0.39 is 12.0 Å². The topological polar surface area (TPSA) is 79.3 Å². The second-order valence-corrected chi connectivity index (χ2v) is 12.7. The number of nitrogens with zero attached hydrogens (tertiary/aromatic N) is 2. The second kappa shape index (κ2) is 13.2. The molecular formula is C34H38Cl2N2O5. The van der Waals surface area contributed by atoms with Gasteiger partial charge in [0.25, 0.3) is 0 Å². The maximum absolute atomic E-state index is 12.7. The van der Waals surface area contributed by atoms with Gasteiger partial charge in [0.1, 0.15) is 29.7 Å². The Hall–Kier alpha value is -3.26. The zero-order chi connectivity index (χ0) is 30.8. The summed E-state index contributed by atoms with van der Waals surface area (Å²) in [5.41, 5.74) is 4.85. The quantitative estimate of drug-likeness (QED) is 0.280. The van der Waals surface area contributed by atoms with Crippen molar-refractivity contribution in [1.29, 1.82) is 0 Å². The van der Waals surface area contributed by atoms with E-state index in [4.69, 9.17) is 32.7 Å². The average molecular weight is 626 g/mol. The van der Waals surface area contributed by atoms with Crippen LogP contribution in [-0.4, -0.2) is 45.9 Å². The van der Waals surface area contributed by atoms with E-state index in [1.807, 2.05) is 53.4 Å². The van der Waals surface area contributed by atoms with Crippen LogP contribution < -0.4 is 9.47 Å². The minimum absolute atomic E-state index is 0.0435. The van der Waals surface area contributed by atoms with Gasteiger partial charge in [-0.2, -0.15) is 0 Å². The fourth-order valence-corrected chi connectivity index (χ4v) is 6.26. The zero-order valence-corrected chi connectivity index (χ0v) is 26.5. The van der Waals surface area contributed by atoms with Crippen LogP contribution in [0.2, 0.25) is 10.0 Å². The molecule has 9 heteroatoms. The molecule has 0 bridgehead atoms. The molecule has 7 nitrogen and oxygen atoms in total. The van der Waals surface area contributed by atoms with Crippen molar-refractivity contribution in [3.8, 4) is 11.5 Å². The molecule has 1 amide bonds. The third-order valence-corrected chi connectivity index (χ3v) is 8.91. The molecule has 2 aliphatic heterocycles. The summed E-state index contributed by atoms with van der Waals surface area (Å²) in [6.07, 6.45) is 0.617. The van der Waals surface area contributed by atoms with Crippen molar-refractivity contribution in [3.63, 3.8) is 0 Å². The SMILES string of the molecule is CC[C@@H](Oc1ccc([C@H]2CN(C(C)=O)Cc3cc4c(cc3O2)CN(CC(C)C)[C@H](C(=O)O)C4)cc1)c1ccc(Cl)c(Cl)c1. The number of halogens is 2. The average Bonchev–Trinajstić information content (AvgIpc) is 3.15. The smallest absolute Gasteiger partial charge is 0.321 e. The minimum atomic E-state index is -0.808. The highest BCUT2D eigenvalue weighted by Gasteiger charge is 2.34. The Labute approximate surface area is 263 Å². The highest BCUT2D eigenvalue weighted by atomic mass is 35.5. The predicted octanol–water partition coefficient (Wildman–Crippen LogP) is 7.47. The van der Waals surface area contributed by atoms with Crippen LogP contribution in [0.15, 0.2) is 54.6 Å². The van der Waals surface area contributed by atoms with Gasteiger partial charge in [0, 0.05) is 32.1 Å². The Morgan fingerprint density at radius 3 is 2.37 bits per heavy atom. The number of aliphatic carboxylic acids is 1. The number of ether oxygens (including phenoxy) is 2. The van der Waals surface area contributed by atoms with Gasteiger partial charge in [-0.05, 0) is 77.4 Å². The van der Waals surface area contributed by atoms with E-state index in [2.05, 4.69) is 20.8 Å². The van der Waals surface area contributed by atoms with Crippen LogP contribution in [0.5, 0.6) is 11.5 Å². The number of carboxylic acid groups (broad SMARTS) is 1. The maximum Gasteiger partial charge on any atom is 0.321 e. The number of carboxylic acids is 1. The van der Waals surface area contributed by atoms with Gasteiger partial charge in [-0.1, -0.05) is 62.2 Å². The monoisotopic (exact) mass is 624 g/mol. The molecule has 0 saturated carbocycles. The first kappa shape index (κ1) is 31.2. The normalized spacial score (nSPS) is 19.2. The number of amides is 1. The number of hydrogen-bond acceptors (Lipinski definition) is 5. The minimum Gasteiger partial charge on any atom is -0.486 e. The lowest BCUT2D eigenvalue weighted by Gasteiger charge is -2.36. The van der Waals surface area contributed by atoms with E-state index in [0.29, 0.717) is 54.3 Å². The molecule has 1 N–H and O–H groups in total. The van der Waals surface area contributed by atoms with Crippen LogP contribution in [0.4, 0.5) is 0 Å². The van der Waals surface area contributed by atoms with E-state index in [1.54, 1.807) is 17.9 Å². The number of rotatable bonds is 8. The molecule has 2 heterocycles. The predicted molar refractivity (Wildman–Crippen MR) is 168 cm³/mol. The van der Waals surface area contributed by atoms with Gasteiger partial charge in [0.05, 0.1) is 16.6 Å². The summed E-state index contributed by atoms with van der Waals surface area (Å²) in [4.78, 5) is 28.6. The van der Waals surface area contributed by atoms with Crippen molar-refractivity contribution in [2.75, 3.05) is 13.1 Å². The summed E-state index contributed by atoms with van der Waals surface area (Å²) in [6, 6.07) is 16.9. The van der Waals surface area contributed by atoms with E-state index in [-0.39, 0.29) is 18.1 Å². The molecule has 0 saturated heterocycles. The van der Waals surface area contributed by atoms with Gasteiger partial charge >= 0.3 is 5.97 Å². The van der Waals surface area contributed by atoms with Crippen molar-refractivity contribution in [3.05, 3.63) is 92.5 Å². The Kier molecular flexibility index (Phi) is 9.54. The standard InChI is InChI=1S/C34H38Cl2N2O5/c1-5-31(23-8-11-28(35)29(36)13-23)42-27-9-6-22(7-10-27)33-19-37(21(4)39)18-26-12-24-14-30(34(40)41)38(16-20(2)3)17-25(24)15-32(26)43-33/h6-13,15,20,30-31,33H,5,14,16-19H2,1-4H3,(H,40,41)/t30-,31+,33+/m0/s1. The Morgan fingerprint density at radius 1 is 1.00 bits per heavy atom. The molecule has 3 atom stereocenters. The van der Waals surface area contributed by atoms with Crippen molar-refractivity contribution in [2.45, 2.75) is 71.9 Å². The number of hydrogen-bond donors (Lipinski definition) is 1. The van der Waals surface area contributed by atoms with Gasteiger partial charge in [-0.15, -0.1) is 0 Å². The first-order valence-electron chi connectivity index (χ1n) is 14.8. The third-order valence-electron chi connectivity index (χ3n) is 8.17. The molecule has 2 aliphatic rings. The van der Waals surface area contributed by atoms with Crippen molar-refractivity contribution in [1.82, 2.24) is 9.80 Å². The number of fused-ring (bicyclic) bond motifs is 2. The van der Waals surface area contributed by atoms with Crippen LogP contribution in [0, 0.1) is 5.92 Å². The van der Waals surface area contributed by atoms with Gasteiger partial charge in [0.2, 0.25) is 5.91 Å². The molecule has 0 fully saturated rings. The largest absolute Gasteiger partial charge is 0.486 e. The highest BCUT2D eigenvalue weighted by Crippen LogP contribution is 2.37. The summed E-state index contributed by atoms with van der Waals surface area (Å²) < 4.78 is 12.9. The van der Waals surface area contributed by atoms with Gasteiger partial charge < -0.3 is 19.5 Å². The molecule has 0 radical (unpaired) electrons. The maximum atomic E-state index is 12.7. The number of carbonyl (C=O) groups excluding carboxylic acids is 1. The van der Waals surface area contributed by atoms with E-state index in [0.717, 1.165) is 40.0 Å². The summed E-state index contributed by atoms with van der Waals surface area (Å²) in [7, 11) is 0. The summed E-state index contributed by atoms with van der Waals surface area (Å²) in [5.74, 6) is 0.941. The van der Waals surface area contributed by atoms with Gasteiger partial charge in [-0.25, -0.2) is 0 Å². The zero-order valence-electron chi connectivity index (χ0n) is 25.0. The lowest BCUT2D eigenvalue weighted by atomic mass is 9.91. The van der Waals surface area contributed by atoms with Gasteiger partial charge in [0.15, 0.2) is 0 Å². The van der Waals surface area contributed by atoms with Crippen molar-refractivity contribution < 1.29 is 24.2 Å². The summed E-state index contributed by atoms with van der Waals surface area (Å²) in [5, 5.41) is 10.9. The molecule has 0 spiro atoms. The van der Waals surface area contributed by atoms with E-state index in [1.165, 1.54) is 0 Å². The molecule has 0 unspecified atom stereocenters. The fourth-order valence-electron chi connectivity index (χ4n) is 5.96. The Bertz CT molecular complexity index is 1490. The van der Waals surface area contributed by atoms with Crippen LogP contribution >= 0.6 is 23.2 Å². The summed E-state index contributed by atoms with van der Waals surface area (Å²) >= 11 is 12.3. The molecule has 43 heavy (non-hydrogen) atoms. The van der Waals surface area contributed by atoms with E-state index in [9.17, 15) is 14.7 Å². The Morgan fingerprint density at radius 2 is 1.74 bits per heavy atom. The van der Waals surface area contributed by atoms with Crippen LogP contribution in [-0.2, 0) is 29.1 Å². The lowest BCUT2D eigenvalue weighted by Crippen LogP contribution is -2.47. The van der Waals surface area contributed by atoms with Crippen molar-refractivity contribution >= 4 is 35.1 Å². The first-order chi connectivity index (χ1) is 20.5. The summed E-state index contributed by atoms with van der Waals surface area (Å²) in [6.45, 7) is 9.87.